The number of allylic oxidation sites excluding steroid dienone is 2. The maximum absolute atomic E-state index is 14.5. The number of nitrogens with one attached hydrogen (secondary N) is 1. The molecule has 0 saturated heterocycles. The van der Waals surface area contributed by atoms with Crippen LogP contribution in [0.1, 0.15) is 113 Å². The van der Waals surface area contributed by atoms with Crippen LogP contribution >= 0.6 is 0 Å². The summed E-state index contributed by atoms with van der Waals surface area (Å²) >= 11 is 0. The van der Waals surface area contributed by atoms with Crippen LogP contribution in [0, 0.1) is 50.2 Å². The van der Waals surface area contributed by atoms with Gasteiger partial charge < -0.3 is 15.2 Å². The molecule has 1 amide bonds. The zero-order valence-electron chi connectivity index (χ0n) is 26.4. The molecule has 5 rings (SSSR count). The van der Waals surface area contributed by atoms with Gasteiger partial charge in [0.1, 0.15) is 6.42 Å². The van der Waals surface area contributed by atoms with Crippen molar-refractivity contribution >= 4 is 23.6 Å². The number of carboxylic acid groups (broad SMARTS) is 1. The summed E-state index contributed by atoms with van der Waals surface area (Å²) in [5, 5.41) is 13.3. The SMILES string of the molecule is COC(=O)CC(=O)NC1CC[C@@]2(C)C(CC[C@]3(C)C2C(=O)C=C2C4C[C@@](C)(C(=O)O)CC[C@]4(C)CC[C@]23C)C1(C)C. The topological polar surface area (TPSA) is 110 Å². The number of hydrogen-bond donors (Lipinski definition) is 2. The second kappa shape index (κ2) is 9.41. The first-order chi connectivity index (χ1) is 18.9. The van der Waals surface area contributed by atoms with Crippen molar-refractivity contribution in [2.24, 2.45) is 50.2 Å². The molecular weight excluding hydrogens is 518 g/mol. The Labute approximate surface area is 245 Å². The van der Waals surface area contributed by atoms with E-state index in [1.165, 1.54) is 12.7 Å². The average Bonchev–Trinajstić information content (AvgIpc) is 2.87. The number of carbonyl (C=O) groups excluding carboxylic acids is 3. The van der Waals surface area contributed by atoms with Crippen molar-refractivity contribution in [2.75, 3.05) is 7.11 Å². The van der Waals surface area contributed by atoms with Gasteiger partial charge in [0.05, 0.1) is 12.5 Å². The molecule has 7 nitrogen and oxygen atoms in total. The standard InChI is InChI=1S/C34H51NO6/c1-29(2)23-9-12-34(7)27(32(23,5)11-10-24(29)35-25(37)18-26(38)41-8)22(36)17-20-21-19-31(4,28(39)40)14-13-30(21,3)15-16-33(20,34)6/h17,21,23-24,27H,9-16,18-19H2,1-8H3,(H,35,37)(H,39,40)/t21?,23?,24?,27?,30-,31+,32+,33-,34-/m1/s1. The second-order valence-electron chi connectivity index (χ2n) is 16.3. The predicted molar refractivity (Wildman–Crippen MR) is 156 cm³/mol. The number of rotatable bonds is 4. The zero-order valence-corrected chi connectivity index (χ0v) is 26.4. The van der Waals surface area contributed by atoms with Crippen LogP contribution in [0.5, 0.6) is 0 Å². The average molecular weight is 570 g/mol. The van der Waals surface area contributed by atoms with Gasteiger partial charge in [0.2, 0.25) is 5.91 Å². The maximum Gasteiger partial charge on any atom is 0.315 e. The van der Waals surface area contributed by atoms with Gasteiger partial charge >= 0.3 is 11.9 Å². The number of ether oxygens (including phenoxy) is 1. The summed E-state index contributed by atoms with van der Waals surface area (Å²) in [4.78, 5) is 51.2. The highest BCUT2D eigenvalue weighted by Crippen LogP contribution is 2.75. The Morgan fingerprint density at radius 3 is 2.24 bits per heavy atom. The second-order valence-corrected chi connectivity index (χ2v) is 16.3. The van der Waals surface area contributed by atoms with Crippen molar-refractivity contribution in [1.29, 1.82) is 0 Å². The van der Waals surface area contributed by atoms with E-state index in [0.29, 0.717) is 12.8 Å². The summed E-state index contributed by atoms with van der Waals surface area (Å²) in [6.07, 6.45) is 9.51. The molecule has 5 aliphatic rings. The molecule has 0 spiro atoms. The van der Waals surface area contributed by atoms with Crippen LogP contribution in [0.15, 0.2) is 11.6 Å². The third kappa shape index (κ3) is 4.17. The van der Waals surface area contributed by atoms with E-state index in [4.69, 9.17) is 0 Å². The van der Waals surface area contributed by atoms with Crippen LogP contribution in [-0.4, -0.2) is 41.9 Å². The Balaban J connectivity index is 1.50. The molecular formula is C34H51NO6. The van der Waals surface area contributed by atoms with Gasteiger partial charge in [-0.2, -0.15) is 0 Å². The summed E-state index contributed by atoms with van der Waals surface area (Å²) in [6, 6.07) is -0.0752. The normalized spacial score (nSPS) is 46.5. The Hall–Kier alpha value is -2.18. The van der Waals surface area contributed by atoms with Gasteiger partial charge in [0.25, 0.3) is 0 Å². The third-order valence-electron chi connectivity index (χ3n) is 14.0. The van der Waals surface area contributed by atoms with Gasteiger partial charge in [-0.3, -0.25) is 19.2 Å². The smallest absolute Gasteiger partial charge is 0.315 e. The number of fused-ring (bicyclic) bond motifs is 7. The van der Waals surface area contributed by atoms with E-state index in [1.54, 1.807) is 0 Å². The third-order valence-corrected chi connectivity index (χ3v) is 14.0. The van der Waals surface area contributed by atoms with Gasteiger partial charge in [-0.25, -0.2) is 0 Å². The molecule has 2 N–H and O–H groups in total. The molecule has 4 unspecified atom stereocenters. The van der Waals surface area contributed by atoms with Gasteiger partial charge in [-0.05, 0) is 110 Å². The quantitative estimate of drug-likeness (QED) is 0.313. The molecule has 41 heavy (non-hydrogen) atoms. The van der Waals surface area contributed by atoms with Crippen molar-refractivity contribution in [1.82, 2.24) is 5.32 Å². The lowest BCUT2D eigenvalue weighted by Crippen LogP contribution is -2.67. The van der Waals surface area contributed by atoms with Gasteiger partial charge in [0.15, 0.2) is 5.78 Å². The highest BCUT2D eigenvalue weighted by molar-refractivity contribution is 5.96. The van der Waals surface area contributed by atoms with E-state index in [9.17, 15) is 24.3 Å². The van der Waals surface area contributed by atoms with Crippen molar-refractivity contribution in [3.63, 3.8) is 0 Å². The molecule has 0 aromatic rings. The van der Waals surface area contributed by atoms with E-state index in [2.05, 4.69) is 51.6 Å². The largest absolute Gasteiger partial charge is 0.481 e. The Morgan fingerprint density at radius 2 is 1.61 bits per heavy atom. The summed E-state index contributed by atoms with van der Waals surface area (Å²) in [7, 11) is 1.29. The number of esters is 1. The Morgan fingerprint density at radius 1 is 0.951 bits per heavy atom. The Bertz CT molecular complexity index is 1210. The predicted octanol–water partition coefficient (Wildman–Crippen LogP) is 6.10. The van der Waals surface area contributed by atoms with Crippen LogP contribution in [0.4, 0.5) is 0 Å². The first kappa shape index (κ1) is 30.3. The van der Waals surface area contributed by atoms with E-state index >= 15 is 0 Å². The van der Waals surface area contributed by atoms with Crippen molar-refractivity contribution < 1.29 is 29.0 Å². The van der Waals surface area contributed by atoms with Crippen LogP contribution in [-0.2, 0) is 23.9 Å². The fraction of sp³-hybridized carbons (Fsp3) is 0.824. The highest BCUT2D eigenvalue weighted by atomic mass is 16.5. The van der Waals surface area contributed by atoms with E-state index in [0.717, 1.165) is 44.9 Å². The monoisotopic (exact) mass is 569 g/mol. The van der Waals surface area contributed by atoms with Crippen LogP contribution in [0.25, 0.3) is 0 Å². The molecule has 0 aromatic heterocycles. The number of carboxylic acids is 1. The van der Waals surface area contributed by atoms with E-state index in [1.807, 2.05) is 13.0 Å². The molecule has 0 aliphatic heterocycles. The molecule has 7 heteroatoms. The molecule has 0 aromatic carbocycles. The lowest BCUT2D eigenvalue weighted by molar-refractivity contribution is -0.190. The van der Waals surface area contributed by atoms with Gasteiger partial charge in [0, 0.05) is 12.0 Å². The summed E-state index contributed by atoms with van der Waals surface area (Å²) in [5.74, 6) is -1.10. The first-order valence-corrected chi connectivity index (χ1v) is 15.7. The van der Waals surface area contributed by atoms with E-state index < -0.39 is 17.4 Å². The van der Waals surface area contributed by atoms with Crippen LogP contribution < -0.4 is 5.32 Å². The first-order valence-electron chi connectivity index (χ1n) is 15.7. The number of hydrogen-bond acceptors (Lipinski definition) is 5. The van der Waals surface area contributed by atoms with Crippen LogP contribution in [0.3, 0.4) is 0 Å². The summed E-state index contributed by atoms with van der Waals surface area (Å²) in [5.41, 5.74) is -0.326. The maximum atomic E-state index is 14.5. The molecule has 0 heterocycles. The molecule has 9 atom stereocenters. The number of ketones is 1. The summed E-state index contributed by atoms with van der Waals surface area (Å²) < 4.78 is 4.69. The minimum absolute atomic E-state index is 0.0351. The minimum atomic E-state index is -0.756. The molecule has 5 aliphatic carbocycles. The van der Waals surface area contributed by atoms with Crippen LogP contribution in [0.2, 0.25) is 0 Å². The molecule has 0 bridgehead atoms. The lowest BCUT2D eigenvalue weighted by Gasteiger charge is -2.70. The molecule has 0 radical (unpaired) electrons. The van der Waals surface area contributed by atoms with Crippen molar-refractivity contribution in [2.45, 2.75) is 119 Å². The molecule has 228 valence electrons. The molecule has 4 saturated carbocycles. The minimum Gasteiger partial charge on any atom is -0.481 e. The number of aliphatic carboxylic acids is 1. The fourth-order valence-corrected chi connectivity index (χ4v) is 11.1. The van der Waals surface area contributed by atoms with Crippen molar-refractivity contribution in [3.05, 3.63) is 11.6 Å². The number of amides is 1. The number of methoxy groups -OCH3 is 1. The lowest BCUT2D eigenvalue weighted by atomic mass is 9.33. The van der Waals surface area contributed by atoms with Crippen molar-refractivity contribution in [3.8, 4) is 0 Å². The van der Waals surface area contributed by atoms with E-state index in [-0.39, 0.29) is 69.0 Å². The highest BCUT2D eigenvalue weighted by Gasteiger charge is 2.70. The number of carbonyl (C=O) groups is 4. The zero-order chi connectivity index (χ0) is 30.4. The van der Waals surface area contributed by atoms with Gasteiger partial charge in [-0.15, -0.1) is 0 Å². The van der Waals surface area contributed by atoms with Gasteiger partial charge in [-0.1, -0.05) is 47.1 Å². The summed E-state index contributed by atoms with van der Waals surface area (Å²) in [6.45, 7) is 15.7. The Kier molecular flexibility index (Phi) is 6.95. The molecule has 4 fully saturated rings. The fourth-order valence-electron chi connectivity index (χ4n) is 11.1.